The van der Waals surface area contributed by atoms with Crippen molar-refractivity contribution in [3.8, 4) is 5.75 Å². The van der Waals surface area contributed by atoms with Gasteiger partial charge in [-0.15, -0.1) is 0 Å². The Balaban J connectivity index is 1.90. The predicted octanol–water partition coefficient (Wildman–Crippen LogP) is 4.39. The Morgan fingerprint density at radius 3 is 2.30 bits per heavy atom. The molecule has 3 rings (SSSR count). The van der Waals surface area contributed by atoms with Crippen molar-refractivity contribution in [2.45, 2.75) is 0 Å². The highest BCUT2D eigenvalue weighted by Crippen LogP contribution is 2.30. The van der Waals surface area contributed by atoms with E-state index in [4.69, 9.17) is 9.84 Å². The summed E-state index contributed by atoms with van der Waals surface area (Å²) in [5.74, 6) is -0.680. The van der Waals surface area contributed by atoms with Gasteiger partial charge in [0.05, 0.1) is 24.0 Å². The number of methoxy groups -OCH3 is 1. The fourth-order valence-corrected chi connectivity index (χ4v) is 2.53. The lowest BCUT2D eigenvalue weighted by Crippen LogP contribution is -2.13. The smallest absolute Gasteiger partial charge is 0.335 e. The predicted molar refractivity (Wildman–Crippen MR) is 104 cm³/mol. The average Bonchev–Trinajstić information content (AvgIpc) is 2.70. The van der Waals surface area contributed by atoms with Crippen LogP contribution < -0.4 is 15.4 Å². The third-order valence-electron chi connectivity index (χ3n) is 3.90. The molecule has 6 heteroatoms. The maximum atomic E-state index is 12.5. The third-order valence-corrected chi connectivity index (χ3v) is 3.90. The van der Waals surface area contributed by atoms with Crippen LogP contribution in [0.15, 0.2) is 72.8 Å². The standard InChI is InChI=1S/C21H18N2O4/c1-27-17-10-11-18(22-16-9-5-8-15(12-16)21(25)26)19(13-17)23-20(24)14-6-3-2-4-7-14/h2-13,22H,1H3,(H,23,24)(H,25,26). The topological polar surface area (TPSA) is 87.7 Å². The number of carbonyl (C=O) groups is 2. The van der Waals surface area contributed by atoms with E-state index in [0.717, 1.165) is 0 Å². The fraction of sp³-hybridized carbons (Fsp3) is 0.0476. The van der Waals surface area contributed by atoms with E-state index in [0.29, 0.717) is 28.4 Å². The van der Waals surface area contributed by atoms with Crippen LogP contribution in [-0.2, 0) is 0 Å². The monoisotopic (exact) mass is 362 g/mol. The summed E-state index contributed by atoms with van der Waals surface area (Å²) in [5, 5.41) is 15.1. The van der Waals surface area contributed by atoms with Crippen LogP contribution in [0.25, 0.3) is 0 Å². The van der Waals surface area contributed by atoms with Crippen molar-refractivity contribution in [3.63, 3.8) is 0 Å². The van der Waals surface area contributed by atoms with Gasteiger partial charge in [0.15, 0.2) is 0 Å². The number of anilines is 3. The van der Waals surface area contributed by atoms with Gasteiger partial charge in [0.25, 0.3) is 5.91 Å². The Bertz CT molecular complexity index is 971. The van der Waals surface area contributed by atoms with Crippen molar-refractivity contribution in [2.24, 2.45) is 0 Å². The van der Waals surface area contributed by atoms with Crippen molar-refractivity contribution < 1.29 is 19.4 Å². The van der Waals surface area contributed by atoms with Gasteiger partial charge in [-0.05, 0) is 42.5 Å². The van der Waals surface area contributed by atoms with Gasteiger partial charge < -0.3 is 20.5 Å². The maximum absolute atomic E-state index is 12.5. The van der Waals surface area contributed by atoms with E-state index in [1.54, 1.807) is 61.7 Å². The Labute approximate surface area is 156 Å². The largest absolute Gasteiger partial charge is 0.497 e. The van der Waals surface area contributed by atoms with Gasteiger partial charge in [-0.25, -0.2) is 4.79 Å². The number of carboxylic acids is 1. The van der Waals surface area contributed by atoms with E-state index in [9.17, 15) is 9.59 Å². The first kappa shape index (κ1) is 18.0. The summed E-state index contributed by atoms with van der Waals surface area (Å²) in [7, 11) is 1.54. The minimum atomic E-state index is -1.01. The highest BCUT2D eigenvalue weighted by Gasteiger charge is 2.11. The minimum absolute atomic E-state index is 0.170. The summed E-state index contributed by atoms with van der Waals surface area (Å²) >= 11 is 0. The van der Waals surface area contributed by atoms with Gasteiger partial charge in [0.2, 0.25) is 0 Å². The number of benzene rings is 3. The molecule has 0 aliphatic heterocycles. The van der Waals surface area contributed by atoms with Crippen LogP contribution in [0, 0.1) is 0 Å². The van der Waals surface area contributed by atoms with Crippen LogP contribution >= 0.6 is 0 Å². The van der Waals surface area contributed by atoms with Gasteiger partial charge in [-0.3, -0.25) is 4.79 Å². The second-order valence-electron chi connectivity index (χ2n) is 5.74. The van der Waals surface area contributed by atoms with Crippen LogP contribution in [0.3, 0.4) is 0 Å². The highest BCUT2D eigenvalue weighted by molar-refractivity contribution is 6.06. The minimum Gasteiger partial charge on any atom is -0.497 e. The average molecular weight is 362 g/mol. The number of carboxylic acid groups (broad SMARTS) is 1. The Hall–Kier alpha value is -3.80. The summed E-state index contributed by atoms with van der Waals surface area (Å²) < 4.78 is 5.24. The number of aromatic carboxylic acids is 1. The zero-order valence-corrected chi connectivity index (χ0v) is 14.6. The molecule has 3 N–H and O–H groups in total. The van der Waals surface area contributed by atoms with Gasteiger partial charge in [-0.1, -0.05) is 24.3 Å². The van der Waals surface area contributed by atoms with Crippen molar-refractivity contribution >= 4 is 28.9 Å². The molecule has 0 saturated carbocycles. The number of carbonyl (C=O) groups excluding carboxylic acids is 1. The molecule has 27 heavy (non-hydrogen) atoms. The van der Waals surface area contributed by atoms with Gasteiger partial charge in [0, 0.05) is 17.3 Å². The molecule has 3 aromatic rings. The number of hydrogen-bond acceptors (Lipinski definition) is 4. The van der Waals surface area contributed by atoms with E-state index < -0.39 is 5.97 Å². The fourth-order valence-electron chi connectivity index (χ4n) is 2.53. The van der Waals surface area contributed by atoms with Gasteiger partial charge in [-0.2, -0.15) is 0 Å². The van der Waals surface area contributed by atoms with E-state index in [1.165, 1.54) is 12.1 Å². The molecule has 0 unspecified atom stereocenters. The van der Waals surface area contributed by atoms with Gasteiger partial charge in [0.1, 0.15) is 5.75 Å². The summed E-state index contributed by atoms with van der Waals surface area (Å²) in [6.45, 7) is 0. The first-order chi connectivity index (χ1) is 13.1. The van der Waals surface area contributed by atoms with Crippen LogP contribution in [0.4, 0.5) is 17.1 Å². The lowest BCUT2D eigenvalue weighted by atomic mass is 10.1. The molecule has 136 valence electrons. The lowest BCUT2D eigenvalue weighted by molar-refractivity contribution is 0.0696. The quantitative estimate of drug-likeness (QED) is 0.605. The zero-order valence-electron chi connectivity index (χ0n) is 14.6. The number of hydrogen-bond donors (Lipinski definition) is 3. The number of rotatable bonds is 6. The molecule has 0 heterocycles. The molecule has 0 fully saturated rings. The Morgan fingerprint density at radius 2 is 1.59 bits per heavy atom. The number of nitrogens with one attached hydrogen (secondary N) is 2. The zero-order chi connectivity index (χ0) is 19.2. The number of ether oxygens (including phenoxy) is 1. The molecule has 0 aliphatic carbocycles. The molecule has 0 spiro atoms. The van der Waals surface area contributed by atoms with E-state index in [1.807, 2.05) is 6.07 Å². The molecular weight excluding hydrogens is 344 g/mol. The normalized spacial score (nSPS) is 10.1. The van der Waals surface area contributed by atoms with Gasteiger partial charge >= 0.3 is 5.97 Å². The van der Waals surface area contributed by atoms with E-state index in [2.05, 4.69) is 10.6 Å². The lowest BCUT2D eigenvalue weighted by Gasteiger charge is -2.15. The maximum Gasteiger partial charge on any atom is 0.335 e. The molecule has 0 radical (unpaired) electrons. The molecule has 1 amide bonds. The van der Waals surface area contributed by atoms with Crippen molar-refractivity contribution in [2.75, 3.05) is 17.7 Å². The molecule has 0 bridgehead atoms. The summed E-state index contributed by atoms with van der Waals surface area (Å²) in [6.07, 6.45) is 0. The molecule has 0 aliphatic rings. The van der Waals surface area contributed by atoms with Crippen molar-refractivity contribution in [3.05, 3.63) is 83.9 Å². The van der Waals surface area contributed by atoms with Crippen LogP contribution in [0.1, 0.15) is 20.7 Å². The first-order valence-electron chi connectivity index (χ1n) is 8.21. The molecule has 0 aromatic heterocycles. The molecule has 3 aromatic carbocycles. The van der Waals surface area contributed by atoms with Crippen molar-refractivity contribution in [1.29, 1.82) is 0 Å². The third kappa shape index (κ3) is 4.43. The SMILES string of the molecule is COc1ccc(Nc2cccc(C(=O)O)c2)c(NC(=O)c2ccccc2)c1. The van der Waals surface area contributed by atoms with Crippen molar-refractivity contribution in [1.82, 2.24) is 0 Å². The molecule has 6 nitrogen and oxygen atoms in total. The van der Waals surface area contributed by atoms with Crippen LogP contribution in [0.2, 0.25) is 0 Å². The summed E-state index contributed by atoms with van der Waals surface area (Å²) in [6, 6.07) is 20.5. The summed E-state index contributed by atoms with van der Waals surface area (Å²) in [4.78, 5) is 23.7. The van der Waals surface area contributed by atoms with E-state index >= 15 is 0 Å². The second kappa shape index (κ2) is 8.05. The van der Waals surface area contributed by atoms with E-state index in [-0.39, 0.29) is 11.5 Å². The first-order valence-corrected chi connectivity index (χ1v) is 8.21. The second-order valence-corrected chi connectivity index (χ2v) is 5.74. The highest BCUT2D eigenvalue weighted by atomic mass is 16.5. The molecular formula is C21H18N2O4. The molecule has 0 saturated heterocycles. The van der Waals surface area contributed by atoms with Crippen LogP contribution in [-0.4, -0.2) is 24.1 Å². The Kier molecular flexibility index (Phi) is 5.37. The molecule has 0 atom stereocenters. The van der Waals surface area contributed by atoms with Crippen LogP contribution in [0.5, 0.6) is 5.75 Å². The summed E-state index contributed by atoms with van der Waals surface area (Å²) in [5.41, 5.74) is 2.42. The Morgan fingerprint density at radius 1 is 0.852 bits per heavy atom. The number of amides is 1.